The van der Waals surface area contributed by atoms with Gasteiger partial charge in [0.2, 0.25) is 0 Å². The smallest absolute Gasteiger partial charge is 0.254 e. The summed E-state index contributed by atoms with van der Waals surface area (Å²) in [4.78, 5) is 13.5. The summed E-state index contributed by atoms with van der Waals surface area (Å²) in [6, 6.07) is 11.1. The minimum absolute atomic E-state index is 0.0330. The SMILES string of the molecule is N#CC=C1CN(C(=O)c2ccccc2)C1. The lowest BCUT2D eigenvalue weighted by Gasteiger charge is -2.33. The maximum absolute atomic E-state index is 11.8. The van der Waals surface area contributed by atoms with E-state index in [0.29, 0.717) is 18.7 Å². The van der Waals surface area contributed by atoms with E-state index >= 15 is 0 Å². The predicted molar refractivity (Wildman–Crippen MR) is 56.0 cm³/mol. The van der Waals surface area contributed by atoms with E-state index < -0.39 is 0 Å². The van der Waals surface area contributed by atoms with Gasteiger partial charge in [0.1, 0.15) is 0 Å². The molecular weight excluding hydrogens is 188 g/mol. The van der Waals surface area contributed by atoms with E-state index in [1.165, 1.54) is 6.08 Å². The van der Waals surface area contributed by atoms with E-state index in [2.05, 4.69) is 0 Å². The average Bonchev–Trinajstić information content (AvgIpc) is 2.23. The molecule has 0 N–H and O–H groups in total. The van der Waals surface area contributed by atoms with Gasteiger partial charge in [-0.3, -0.25) is 4.79 Å². The first-order valence-electron chi connectivity index (χ1n) is 4.73. The summed E-state index contributed by atoms with van der Waals surface area (Å²) in [6.07, 6.45) is 1.51. The van der Waals surface area contributed by atoms with Gasteiger partial charge in [0.25, 0.3) is 5.91 Å². The van der Waals surface area contributed by atoms with Crippen LogP contribution in [-0.2, 0) is 0 Å². The Morgan fingerprint density at radius 2 is 2.00 bits per heavy atom. The molecule has 1 saturated heterocycles. The van der Waals surface area contributed by atoms with Crippen molar-refractivity contribution in [3.63, 3.8) is 0 Å². The Bertz CT molecular complexity index is 434. The minimum Gasteiger partial charge on any atom is -0.330 e. The van der Waals surface area contributed by atoms with E-state index in [-0.39, 0.29) is 5.91 Å². The number of allylic oxidation sites excluding steroid dienone is 1. The van der Waals surface area contributed by atoms with Crippen molar-refractivity contribution in [3.05, 3.63) is 47.5 Å². The number of nitrogens with zero attached hydrogens (tertiary/aromatic N) is 2. The Morgan fingerprint density at radius 1 is 1.33 bits per heavy atom. The van der Waals surface area contributed by atoms with Gasteiger partial charge in [-0.05, 0) is 17.7 Å². The largest absolute Gasteiger partial charge is 0.330 e. The number of carbonyl (C=O) groups excluding carboxylic acids is 1. The summed E-state index contributed by atoms with van der Waals surface area (Å²) in [5, 5.41) is 8.41. The van der Waals surface area contributed by atoms with Gasteiger partial charge in [-0.15, -0.1) is 0 Å². The monoisotopic (exact) mass is 198 g/mol. The zero-order valence-electron chi connectivity index (χ0n) is 8.18. The van der Waals surface area contributed by atoms with E-state index in [4.69, 9.17) is 5.26 Å². The molecule has 1 aliphatic rings. The van der Waals surface area contributed by atoms with Crippen LogP contribution in [0.2, 0.25) is 0 Å². The van der Waals surface area contributed by atoms with E-state index in [0.717, 1.165) is 5.57 Å². The standard InChI is InChI=1S/C12H10N2O/c13-7-6-10-8-14(9-10)12(15)11-4-2-1-3-5-11/h1-6H,8-9H2. The number of amides is 1. The summed E-state index contributed by atoms with van der Waals surface area (Å²) in [6.45, 7) is 1.17. The van der Waals surface area contributed by atoms with Crippen molar-refractivity contribution in [2.24, 2.45) is 0 Å². The molecule has 0 bridgehead atoms. The maximum Gasteiger partial charge on any atom is 0.254 e. The molecule has 1 aliphatic heterocycles. The molecule has 1 amide bonds. The number of nitriles is 1. The molecule has 3 nitrogen and oxygen atoms in total. The Labute approximate surface area is 88.2 Å². The zero-order chi connectivity index (χ0) is 10.7. The van der Waals surface area contributed by atoms with Crippen LogP contribution in [0.3, 0.4) is 0 Å². The van der Waals surface area contributed by atoms with Crippen molar-refractivity contribution < 1.29 is 4.79 Å². The summed E-state index contributed by atoms with van der Waals surface area (Å²) in [5.41, 5.74) is 1.72. The van der Waals surface area contributed by atoms with Gasteiger partial charge in [-0.25, -0.2) is 0 Å². The molecule has 0 unspecified atom stereocenters. The molecular formula is C12H10N2O. The van der Waals surface area contributed by atoms with Gasteiger partial charge in [0.05, 0.1) is 6.07 Å². The van der Waals surface area contributed by atoms with Crippen LogP contribution in [0.4, 0.5) is 0 Å². The highest BCUT2D eigenvalue weighted by Crippen LogP contribution is 2.17. The second-order valence-corrected chi connectivity index (χ2v) is 3.46. The van der Waals surface area contributed by atoms with Crippen molar-refractivity contribution in [2.75, 3.05) is 13.1 Å². The second kappa shape index (κ2) is 3.97. The van der Waals surface area contributed by atoms with Crippen molar-refractivity contribution in [1.82, 2.24) is 4.90 Å². The summed E-state index contributed by atoms with van der Waals surface area (Å²) < 4.78 is 0. The third-order valence-corrected chi connectivity index (χ3v) is 2.36. The van der Waals surface area contributed by atoms with Crippen molar-refractivity contribution in [1.29, 1.82) is 5.26 Å². The lowest BCUT2D eigenvalue weighted by atomic mass is 10.1. The zero-order valence-corrected chi connectivity index (χ0v) is 8.18. The second-order valence-electron chi connectivity index (χ2n) is 3.46. The molecule has 1 aromatic carbocycles. The fourth-order valence-electron chi connectivity index (χ4n) is 1.53. The third kappa shape index (κ3) is 1.89. The quantitative estimate of drug-likeness (QED) is 0.643. The molecule has 1 heterocycles. The first-order chi connectivity index (χ1) is 7.31. The molecule has 2 rings (SSSR count). The fourth-order valence-corrected chi connectivity index (χ4v) is 1.53. The molecule has 0 spiro atoms. The van der Waals surface area contributed by atoms with Crippen LogP contribution < -0.4 is 0 Å². The highest BCUT2D eigenvalue weighted by Gasteiger charge is 2.25. The van der Waals surface area contributed by atoms with Gasteiger partial charge in [0.15, 0.2) is 0 Å². The van der Waals surface area contributed by atoms with Crippen LogP contribution in [0.15, 0.2) is 42.0 Å². The number of benzene rings is 1. The van der Waals surface area contributed by atoms with Crippen LogP contribution in [0.1, 0.15) is 10.4 Å². The Hall–Kier alpha value is -2.08. The van der Waals surface area contributed by atoms with Crippen molar-refractivity contribution in [2.45, 2.75) is 0 Å². The van der Waals surface area contributed by atoms with Gasteiger partial charge in [-0.1, -0.05) is 18.2 Å². The number of hydrogen-bond donors (Lipinski definition) is 0. The third-order valence-electron chi connectivity index (χ3n) is 2.36. The van der Waals surface area contributed by atoms with Gasteiger partial charge in [0, 0.05) is 24.7 Å². The molecule has 0 atom stereocenters. The predicted octanol–water partition coefficient (Wildman–Crippen LogP) is 1.59. The first-order valence-corrected chi connectivity index (χ1v) is 4.73. The minimum atomic E-state index is 0.0330. The molecule has 15 heavy (non-hydrogen) atoms. The number of hydrogen-bond acceptors (Lipinski definition) is 2. The van der Waals surface area contributed by atoms with Crippen molar-refractivity contribution in [3.8, 4) is 6.07 Å². The Kier molecular flexibility index (Phi) is 2.51. The van der Waals surface area contributed by atoms with E-state index in [1.54, 1.807) is 17.0 Å². The fraction of sp³-hybridized carbons (Fsp3) is 0.167. The van der Waals surface area contributed by atoms with Gasteiger partial charge >= 0.3 is 0 Å². The normalized spacial score (nSPS) is 14.1. The average molecular weight is 198 g/mol. The van der Waals surface area contributed by atoms with Gasteiger partial charge in [-0.2, -0.15) is 5.26 Å². The molecule has 3 heteroatoms. The highest BCUT2D eigenvalue weighted by atomic mass is 16.2. The van der Waals surface area contributed by atoms with Crippen LogP contribution >= 0.6 is 0 Å². The Balaban J connectivity index is 2.02. The van der Waals surface area contributed by atoms with E-state index in [1.807, 2.05) is 24.3 Å². The lowest BCUT2D eigenvalue weighted by molar-refractivity contribution is 0.0727. The molecule has 0 radical (unpaired) electrons. The maximum atomic E-state index is 11.8. The molecule has 74 valence electrons. The summed E-state index contributed by atoms with van der Waals surface area (Å²) >= 11 is 0. The van der Waals surface area contributed by atoms with Gasteiger partial charge < -0.3 is 4.90 Å². The molecule has 0 aromatic heterocycles. The lowest BCUT2D eigenvalue weighted by Crippen LogP contribution is -2.44. The van der Waals surface area contributed by atoms with Crippen LogP contribution in [0, 0.1) is 11.3 Å². The summed E-state index contributed by atoms with van der Waals surface area (Å²) in [5.74, 6) is 0.0330. The topological polar surface area (TPSA) is 44.1 Å². The first kappa shape index (κ1) is 9.47. The van der Waals surface area contributed by atoms with E-state index in [9.17, 15) is 4.79 Å². The number of rotatable bonds is 1. The number of carbonyl (C=O) groups is 1. The molecule has 0 saturated carbocycles. The molecule has 1 fully saturated rings. The van der Waals surface area contributed by atoms with Crippen LogP contribution in [0.5, 0.6) is 0 Å². The molecule has 1 aromatic rings. The highest BCUT2D eigenvalue weighted by molar-refractivity contribution is 5.95. The number of likely N-dealkylation sites (tertiary alicyclic amines) is 1. The Morgan fingerprint density at radius 3 is 2.60 bits per heavy atom. The van der Waals surface area contributed by atoms with Crippen LogP contribution in [-0.4, -0.2) is 23.9 Å². The molecule has 0 aliphatic carbocycles. The van der Waals surface area contributed by atoms with Crippen molar-refractivity contribution >= 4 is 5.91 Å². The van der Waals surface area contributed by atoms with Crippen LogP contribution in [0.25, 0.3) is 0 Å². The summed E-state index contributed by atoms with van der Waals surface area (Å²) in [7, 11) is 0.